The Morgan fingerprint density at radius 2 is 2.04 bits per heavy atom. The first-order valence-electron chi connectivity index (χ1n) is 7.64. The fourth-order valence-corrected chi connectivity index (χ4v) is 3.50. The zero-order chi connectivity index (χ0) is 15.7. The van der Waals surface area contributed by atoms with Crippen LogP contribution in [0.4, 0.5) is 5.69 Å². The Morgan fingerprint density at radius 1 is 1.30 bits per heavy atom. The van der Waals surface area contributed by atoms with Crippen molar-refractivity contribution in [2.24, 2.45) is 17.6 Å². The standard InChI is InChI=1S/C16H20ClN3O2.ClH/c17-13-3-1-2-4-14(13)20-10-12(7-15(20)21)16(22)19-6-5-11(8-18)9-19;/h1-4,11-12H,5-10,18H2;1H. The molecule has 0 aliphatic carbocycles. The fraction of sp³-hybridized carbons (Fsp3) is 0.500. The van der Waals surface area contributed by atoms with E-state index in [-0.39, 0.29) is 36.6 Å². The molecule has 2 amide bonds. The summed E-state index contributed by atoms with van der Waals surface area (Å²) in [6.45, 7) is 2.48. The molecule has 5 nitrogen and oxygen atoms in total. The third-order valence-corrected chi connectivity index (χ3v) is 4.87. The minimum atomic E-state index is -0.278. The lowest BCUT2D eigenvalue weighted by atomic mass is 10.1. The Balaban J connectivity index is 0.00000192. The molecule has 2 aliphatic rings. The van der Waals surface area contributed by atoms with Crippen LogP contribution < -0.4 is 10.6 Å². The van der Waals surface area contributed by atoms with Crippen LogP contribution in [0.2, 0.25) is 5.02 Å². The van der Waals surface area contributed by atoms with Crippen LogP contribution in [-0.4, -0.2) is 42.9 Å². The molecule has 2 unspecified atom stereocenters. The summed E-state index contributed by atoms with van der Waals surface area (Å²) in [6, 6.07) is 7.24. The molecule has 2 atom stereocenters. The Hall–Kier alpha value is -1.30. The highest BCUT2D eigenvalue weighted by molar-refractivity contribution is 6.33. The lowest BCUT2D eigenvalue weighted by Gasteiger charge is -2.21. The molecule has 1 aromatic rings. The summed E-state index contributed by atoms with van der Waals surface area (Å²) in [7, 11) is 0. The second kappa shape index (κ2) is 7.51. The van der Waals surface area contributed by atoms with Crippen LogP contribution in [0.25, 0.3) is 0 Å². The summed E-state index contributed by atoms with van der Waals surface area (Å²) in [6.07, 6.45) is 1.21. The van der Waals surface area contributed by atoms with E-state index in [4.69, 9.17) is 17.3 Å². The van der Waals surface area contributed by atoms with Gasteiger partial charge >= 0.3 is 0 Å². The van der Waals surface area contributed by atoms with E-state index < -0.39 is 0 Å². The topological polar surface area (TPSA) is 66.6 Å². The molecule has 0 spiro atoms. The monoisotopic (exact) mass is 357 g/mol. The van der Waals surface area contributed by atoms with Crippen LogP contribution in [0, 0.1) is 11.8 Å². The summed E-state index contributed by atoms with van der Waals surface area (Å²) in [5.74, 6) is 0.140. The minimum absolute atomic E-state index is 0. The first-order valence-corrected chi connectivity index (χ1v) is 8.01. The number of nitrogens with zero attached hydrogens (tertiary/aromatic N) is 2. The van der Waals surface area contributed by atoms with E-state index in [2.05, 4.69) is 0 Å². The normalized spacial score (nSPS) is 24.0. The Labute approximate surface area is 147 Å². The highest BCUT2D eigenvalue weighted by Gasteiger charge is 2.39. The van der Waals surface area contributed by atoms with Gasteiger partial charge < -0.3 is 15.5 Å². The van der Waals surface area contributed by atoms with Gasteiger partial charge in [0.2, 0.25) is 11.8 Å². The van der Waals surface area contributed by atoms with E-state index in [0.29, 0.717) is 36.3 Å². The van der Waals surface area contributed by atoms with Crippen LogP contribution in [0.1, 0.15) is 12.8 Å². The molecule has 7 heteroatoms. The molecule has 2 N–H and O–H groups in total. The highest BCUT2D eigenvalue weighted by Crippen LogP contribution is 2.32. The zero-order valence-corrected chi connectivity index (χ0v) is 14.4. The van der Waals surface area contributed by atoms with Gasteiger partial charge in [-0.15, -0.1) is 12.4 Å². The van der Waals surface area contributed by atoms with Gasteiger partial charge in [-0.2, -0.15) is 0 Å². The van der Waals surface area contributed by atoms with Crippen molar-refractivity contribution in [3.63, 3.8) is 0 Å². The molecule has 2 heterocycles. The molecule has 0 aromatic heterocycles. The van der Waals surface area contributed by atoms with Gasteiger partial charge in [-0.1, -0.05) is 23.7 Å². The molecule has 23 heavy (non-hydrogen) atoms. The summed E-state index contributed by atoms with van der Waals surface area (Å²) in [4.78, 5) is 28.3. The Morgan fingerprint density at radius 3 is 2.70 bits per heavy atom. The van der Waals surface area contributed by atoms with Gasteiger partial charge in [-0.3, -0.25) is 9.59 Å². The Kier molecular flexibility index (Phi) is 5.89. The van der Waals surface area contributed by atoms with Gasteiger partial charge in [0.05, 0.1) is 16.6 Å². The molecule has 2 aliphatic heterocycles. The number of hydrogen-bond donors (Lipinski definition) is 1. The van der Waals surface area contributed by atoms with Crippen molar-refractivity contribution in [2.45, 2.75) is 12.8 Å². The average Bonchev–Trinajstić information content (AvgIpc) is 3.14. The van der Waals surface area contributed by atoms with Crippen LogP contribution in [0.5, 0.6) is 0 Å². The van der Waals surface area contributed by atoms with E-state index in [0.717, 1.165) is 13.0 Å². The molecule has 2 fully saturated rings. The first-order chi connectivity index (χ1) is 10.6. The smallest absolute Gasteiger partial charge is 0.228 e. The van der Waals surface area contributed by atoms with Gasteiger partial charge in [0.15, 0.2) is 0 Å². The van der Waals surface area contributed by atoms with E-state index >= 15 is 0 Å². The largest absolute Gasteiger partial charge is 0.342 e. The summed E-state index contributed by atoms with van der Waals surface area (Å²) >= 11 is 6.16. The minimum Gasteiger partial charge on any atom is -0.342 e. The second-order valence-electron chi connectivity index (χ2n) is 6.03. The SMILES string of the molecule is Cl.NCC1CCN(C(=O)C2CC(=O)N(c3ccccc3Cl)C2)C1. The first kappa shape index (κ1) is 18.0. The highest BCUT2D eigenvalue weighted by atomic mass is 35.5. The van der Waals surface area contributed by atoms with Crippen molar-refractivity contribution in [3.8, 4) is 0 Å². The van der Waals surface area contributed by atoms with Crippen molar-refractivity contribution in [2.75, 3.05) is 31.1 Å². The molecular weight excluding hydrogens is 337 g/mol. The number of carbonyl (C=O) groups is 2. The van der Waals surface area contributed by atoms with Crippen LogP contribution in [0.15, 0.2) is 24.3 Å². The lowest BCUT2D eigenvalue weighted by molar-refractivity contribution is -0.134. The molecule has 126 valence electrons. The number of amides is 2. The molecule has 0 bridgehead atoms. The molecule has 1 aromatic carbocycles. The van der Waals surface area contributed by atoms with Gasteiger partial charge in [0, 0.05) is 26.1 Å². The number of benzene rings is 1. The number of nitrogens with two attached hydrogens (primary N) is 1. The molecule has 0 radical (unpaired) electrons. The molecule has 2 saturated heterocycles. The number of anilines is 1. The van der Waals surface area contributed by atoms with Crippen molar-refractivity contribution in [1.29, 1.82) is 0 Å². The predicted molar refractivity (Wildman–Crippen MR) is 92.9 cm³/mol. The van der Waals surface area contributed by atoms with Crippen LogP contribution in [0.3, 0.4) is 0 Å². The summed E-state index contributed by atoms with van der Waals surface area (Å²) in [5, 5.41) is 0.535. The van der Waals surface area contributed by atoms with Crippen molar-refractivity contribution in [3.05, 3.63) is 29.3 Å². The van der Waals surface area contributed by atoms with Crippen molar-refractivity contribution < 1.29 is 9.59 Å². The van der Waals surface area contributed by atoms with Gasteiger partial charge in [-0.25, -0.2) is 0 Å². The van der Waals surface area contributed by atoms with Gasteiger partial charge in [-0.05, 0) is 31.0 Å². The van der Waals surface area contributed by atoms with E-state index in [9.17, 15) is 9.59 Å². The Bertz CT molecular complexity index is 596. The second-order valence-corrected chi connectivity index (χ2v) is 6.44. The maximum absolute atomic E-state index is 12.6. The third-order valence-electron chi connectivity index (χ3n) is 4.55. The molecule has 0 saturated carbocycles. The van der Waals surface area contributed by atoms with Crippen LogP contribution >= 0.6 is 24.0 Å². The number of carbonyl (C=O) groups excluding carboxylic acids is 2. The van der Waals surface area contributed by atoms with E-state index in [1.54, 1.807) is 11.0 Å². The maximum atomic E-state index is 12.6. The average molecular weight is 358 g/mol. The van der Waals surface area contributed by atoms with Crippen LogP contribution in [-0.2, 0) is 9.59 Å². The predicted octanol–water partition coefficient (Wildman–Crippen LogP) is 1.92. The molecular formula is C16H21Cl2N3O2. The number of rotatable bonds is 3. The summed E-state index contributed by atoms with van der Waals surface area (Å²) < 4.78 is 0. The fourth-order valence-electron chi connectivity index (χ4n) is 3.26. The third kappa shape index (κ3) is 3.62. The lowest BCUT2D eigenvalue weighted by Crippen LogP contribution is -2.36. The van der Waals surface area contributed by atoms with Gasteiger partial charge in [0.1, 0.15) is 0 Å². The zero-order valence-electron chi connectivity index (χ0n) is 12.8. The maximum Gasteiger partial charge on any atom is 0.228 e. The summed E-state index contributed by atoms with van der Waals surface area (Å²) in [5.41, 5.74) is 6.36. The van der Waals surface area contributed by atoms with Gasteiger partial charge in [0.25, 0.3) is 0 Å². The molecule has 3 rings (SSSR count). The number of para-hydroxylation sites is 1. The van der Waals surface area contributed by atoms with E-state index in [1.807, 2.05) is 23.1 Å². The number of hydrogen-bond acceptors (Lipinski definition) is 3. The van der Waals surface area contributed by atoms with Crippen molar-refractivity contribution >= 4 is 41.5 Å². The van der Waals surface area contributed by atoms with E-state index in [1.165, 1.54) is 0 Å². The van der Waals surface area contributed by atoms with Crippen molar-refractivity contribution in [1.82, 2.24) is 4.90 Å². The number of halogens is 2. The quantitative estimate of drug-likeness (QED) is 0.898. The number of likely N-dealkylation sites (tertiary alicyclic amines) is 1.